The van der Waals surface area contributed by atoms with E-state index >= 15 is 0 Å². The van der Waals surface area contributed by atoms with Crippen molar-refractivity contribution in [2.45, 2.75) is 46.5 Å². The minimum atomic E-state index is -0.754. The van der Waals surface area contributed by atoms with E-state index < -0.39 is 5.41 Å². The first kappa shape index (κ1) is 15.7. The Morgan fingerprint density at radius 2 is 2.05 bits per heavy atom. The van der Waals surface area contributed by atoms with Gasteiger partial charge in [-0.05, 0) is 46.1 Å². The molecule has 3 nitrogen and oxygen atoms in total. The summed E-state index contributed by atoms with van der Waals surface area (Å²) in [5.41, 5.74) is 1.55. The number of rotatable bonds is 4. The highest BCUT2D eigenvalue weighted by molar-refractivity contribution is 5.89. The van der Waals surface area contributed by atoms with Crippen LogP contribution in [0.2, 0.25) is 0 Å². The van der Waals surface area contributed by atoms with E-state index in [0.717, 1.165) is 18.4 Å². The molecule has 0 N–H and O–H groups in total. The Bertz CT molecular complexity index is 549. The van der Waals surface area contributed by atoms with Crippen LogP contribution in [0.4, 0.5) is 0 Å². The quantitative estimate of drug-likeness (QED) is 0.794. The lowest BCUT2D eigenvalue weighted by molar-refractivity contribution is -0.159. The Labute approximate surface area is 126 Å². The summed E-state index contributed by atoms with van der Waals surface area (Å²) < 4.78 is 5.30. The number of aryl methyl sites for hydroxylation is 1. The summed E-state index contributed by atoms with van der Waals surface area (Å²) in [4.78, 5) is 24.6. The van der Waals surface area contributed by atoms with Crippen LogP contribution in [-0.4, -0.2) is 18.4 Å². The monoisotopic (exact) mass is 288 g/mol. The van der Waals surface area contributed by atoms with Crippen molar-refractivity contribution in [1.29, 1.82) is 0 Å². The molecular formula is C18H24O3. The predicted molar refractivity (Wildman–Crippen MR) is 82.1 cm³/mol. The molecule has 0 spiro atoms. The van der Waals surface area contributed by atoms with E-state index in [9.17, 15) is 9.59 Å². The maximum Gasteiger partial charge on any atom is 0.313 e. The summed E-state index contributed by atoms with van der Waals surface area (Å²) in [7, 11) is 0. The van der Waals surface area contributed by atoms with Gasteiger partial charge in [-0.25, -0.2) is 0 Å². The van der Waals surface area contributed by atoms with Gasteiger partial charge in [-0.1, -0.05) is 29.8 Å². The molecule has 0 bridgehead atoms. The second kappa shape index (κ2) is 6.00. The fraction of sp³-hybridized carbons (Fsp3) is 0.556. The number of carbonyl (C=O) groups excluding carboxylic acids is 2. The third-order valence-electron chi connectivity index (χ3n) is 4.84. The largest absolute Gasteiger partial charge is 0.466 e. The molecule has 0 saturated heterocycles. The molecule has 0 unspecified atom stereocenters. The molecule has 21 heavy (non-hydrogen) atoms. The van der Waals surface area contributed by atoms with Crippen molar-refractivity contribution in [2.75, 3.05) is 6.61 Å². The van der Waals surface area contributed by atoms with E-state index in [-0.39, 0.29) is 23.6 Å². The third-order valence-corrected chi connectivity index (χ3v) is 4.84. The zero-order valence-corrected chi connectivity index (χ0v) is 13.3. The van der Waals surface area contributed by atoms with Crippen molar-refractivity contribution < 1.29 is 14.3 Å². The van der Waals surface area contributed by atoms with Crippen molar-refractivity contribution in [3.63, 3.8) is 0 Å². The first-order valence-electron chi connectivity index (χ1n) is 7.65. The molecule has 0 aliphatic heterocycles. The zero-order valence-electron chi connectivity index (χ0n) is 13.3. The molecule has 3 atom stereocenters. The van der Waals surface area contributed by atoms with Gasteiger partial charge in [0.05, 0.1) is 12.0 Å². The van der Waals surface area contributed by atoms with Crippen LogP contribution in [0.25, 0.3) is 0 Å². The molecule has 114 valence electrons. The molecule has 1 aliphatic rings. The van der Waals surface area contributed by atoms with Crippen LogP contribution in [-0.2, 0) is 14.3 Å². The maximum absolute atomic E-state index is 12.6. The van der Waals surface area contributed by atoms with E-state index in [4.69, 9.17) is 4.74 Å². The number of carbonyl (C=O) groups is 2. The van der Waals surface area contributed by atoms with Gasteiger partial charge in [0.15, 0.2) is 0 Å². The van der Waals surface area contributed by atoms with E-state index in [1.54, 1.807) is 13.8 Å². The topological polar surface area (TPSA) is 43.4 Å². The van der Waals surface area contributed by atoms with Gasteiger partial charge in [0, 0.05) is 11.8 Å². The van der Waals surface area contributed by atoms with Crippen molar-refractivity contribution in [1.82, 2.24) is 0 Å². The van der Waals surface area contributed by atoms with E-state index in [1.807, 2.05) is 26.0 Å². The zero-order chi connectivity index (χ0) is 15.6. The summed E-state index contributed by atoms with van der Waals surface area (Å²) in [6.07, 6.45) is 1.60. The van der Waals surface area contributed by atoms with Crippen LogP contribution in [0, 0.1) is 18.3 Å². The van der Waals surface area contributed by atoms with Gasteiger partial charge in [0.1, 0.15) is 5.78 Å². The Balaban J connectivity index is 2.45. The average molecular weight is 288 g/mol. The third kappa shape index (κ3) is 2.74. The normalized spacial score (nSPS) is 28.4. The van der Waals surface area contributed by atoms with Gasteiger partial charge < -0.3 is 4.74 Å². The summed E-state index contributed by atoms with van der Waals surface area (Å²) in [6.45, 7) is 7.68. The van der Waals surface area contributed by atoms with Gasteiger partial charge in [-0.15, -0.1) is 0 Å². The first-order chi connectivity index (χ1) is 9.91. The summed E-state index contributed by atoms with van der Waals surface area (Å²) in [5.74, 6) is -0.359. The molecule has 1 aromatic carbocycles. The van der Waals surface area contributed by atoms with Crippen LogP contribution in [0.15, 0.2) is 24.3 Å². The Kier molecular flexibility index (Phi) is 4.50. The fourth-order valence-corrected chi connectivity index (χ4v) is 3.77. The predicted octanol–water partition coefficient (Wildman–Crippen LogP) is 3.65. The minimum Gasteiger partial charge on any atom is -0.466 e. The standard InChI is InChI=1S/C18H24O3/c1-5-21-17(20)18(4)15(13(3)19)9-10-16(18)14-8-6-7-12(2)11-14/h6-8,11,15-16H,5,9-10H2,1-4H3/t15-,16+,18-/m0/s1. The van der Waals surface area contributed by atoms with E-state index in [2.05, 4.69) is 12.1 Å². The summed E-state index contributed by atoms with van der Waals surface area (Å²) >= 11 is 0. The molecule has 2 rings (SSSR count). The van der Waals surface area contributed by atoms with Crippen molar-refractivity contribution >= 4 is 11.8 Å². The fourth-order valence-electron chi connectivity index (χ4n) is 3.77. The summed E-state index contributed by atoms with van der Waals surface area (Å²) in [6, 6.07) is 8.22. The van der Waals surface area contributed by atoms with E-state index in [0.29, 0.717) is 6.61 Å². The number of esters is 1. The van der Waals surface area contributed by atoms with Gasteiger partial charge in [0.25, 0.3) is 0 Å². The second-order valence-electron chi connectivity index (χ2n) is 6.21. The number of benzene rings is 1. The Morgan fingerprint density at radius 1 is 1.33 bits per heavy atom. The maximum atomic E-state index is 12.6. The van der Waals surface area contributed by atoms with Crippen molar-refractivity contribution in [3.05, 3.63) is 35.4 Å². The first-order valence-corrected chi connectivity index (χ1v) is 7.65. The SMILES string of the molecule is CCOC(=O)[C@]1(C)[C@@H](c2cccc(C)c2)CC[C@H]1C(C)=O. The van der Waals surface area contributed by atoms with Gasteiger partial charge >= 0.3 is 5.97 Å². The second-order valence-corrected chi connectivity index (χ2v) is 6.21. The number of ketones is 1. The van der Waals surface area contributed by atoms with Crippen LogP contribution in [0.1, 0.15) is 50.7 Å². The summed E-state index contributed by atoms with van der Waals surface area (Å²) in [5, 5.41) is 0. The Morgan fingerprint density at radius 3 is 2.62 bits per heavy atom. The highest BCUT2D eigenvalue weighted by atomic mass is 16.5. The van der Waals surface area contributed by atoms with Crippen molar-refractivity contribution in [3.8, 4) is 0 Å². The van der Waals surface area contributed by atoms with Crippen molar-refractivity contribution in [2.24, 2.45) is 11.3 Å². The highest BCUT2D eigenvalue weighted by Crippen LogP contribution is 2.54. The minimum absolute atomic E-state index is 0.0466. The molecule has 1 aromatic rings. The molecule has 1 fully saturated rings. The number of Topliss-reactive ketones (excluding diaryl/α,β-unsaturated/α-hetero) is 1. The van der Waals surface area contributed by atoms with Crippen LogP contribution >= 0.6 is 0 Å². The van der Waals surface area contributed by atoms with Crippen LogP contribution in [0.5, 0.6) is 0 Å². The lowest BCUT2D eigenvalue weighted by atomic mass is 9.69. The highest BCUT2D eigenvalue weighted by Gasteiger charge is 2.55. The molecule has 1 aliphatic carbocycles. The lowest BCUT2D eigenvalue weighted by Crippen LogP contribution is -2.40. The van der Waals surface area contributed by atoms with Gasteiger partial charge in [-0.2, -0.15) is 0 Å². The molecule has 0 radical (unpaired) electrons. The molecule has 0 amide bonds. The average Bonchev–Trinajstić information content (AvgIpc) is 2.78. The van der Waals surface area contributed by atoms with E-state index in [1.165, 1.54) is 5.56 Å². The smallest absolute Gasteiger partial charge is 0.313 e. The van der Waals surface area contributed by atoms with Gasteiger partial charge in [0.2, 0.25) is 0 Å². The number of ether oxygens (including phenoxy) is 1. The molecule has 0 aromatic heterocycles. The Hall–Kier alpha value is -1.64. The van der Waals surface area contributed by atoms with Crippen LogP contribution in [0.3, 0.4) is 0 Å². The van der Waals surface area contributed by atoms with Gasteiger partial charge in [-0.3, -0.25) is 9.59 Å². The molecular weight excluding hydrogens is 264 g/mol. The number of hydrogen-bond donors (Lipinski definition) is 0. The molecule has 3 heteroatoms. The lowest BCUT2D eigenvalue weighted by Gasteiger charge is -2.33. The number of hydrogen-bond acceptors (Lipinski definition) is 3. The molecule has 0 heterocycles. The van der Waals surface area contributed by atoms with Crippen LogP contribution < -0.4 is 0 Å². The molecule has 1 saturated carbocycles.